The van der Waals surface area contributed by atoms with Gasteiger partial charge in [-0.25, -0.2) is 13.1 Å². The molecule has 23 heavy (non-hydrogen) atoms. The molecule has 0 spiro atoms. The Bertz CT molecular complexity index is 640. The maximum atomic E-state index is 12.4. The highest BCUT2D eigenvalue weighted by Crippen LogP contribution is 2.21. The number of likely N-dealkylation sites (tertiary alicyclic amines) is 1. The van der Waals surface area contributed by atoms with Gasteiger partial charge in [0.25, 0.3) is 0 Å². The second-order valence-corrected chi connectivity index (χ2v) is 8.37. The Kier molecular flexibility index (Phi) is 5.81. The SMILES string of the molecule is Cc1ccc(C[C@@H]2CCCN(C(=O)[C@H](C)NS(C)(=O)=O)C2)cc1. The lowest BCUT2D eigenvalue weighted by molar-refractivity contribution is -0.134. The monoisotopic (exact) mass is 338 g/mol. The maximum Gasteiger partial charge on any atom is 0.240 e. The van der Waals surface area contributed by atoms with Crippen LogP contribution in [-0.2, 0) is 21.2 Å². The van der Waals surface area contributed by atoms with Crippen molar-refractivity contribution in [3.8, 4) is 0 Å². The van der Waals surface area contributed by atoms with E-state index in [4.69, 9.17) is 0 Å². The fraction of sp³-hybridized carbons (Fsp3) is 0.588. The van der Waals surface area contributed by atoms with Crippen LogP contribution in [0, 0.1) is 12.8 Å². The number of rotatable bonds is 5. The van der Waals surface area contributed by atoms with Crippen molar-refractivity contribution in [2.45, 2.75) is 39.2 Å². The topological polar surface area (TPSA) is 66.5 Å². The summed E-state index contributed by atoms with van der Waals surface area (Å²) in [5.41, 5.74) is 2.53. The average molecular weight is 338 g/mol. The van der Waals surface area contributed by atoms with Crippen LogP contribution in [0.5, 0.6) is 0 Å². The molecule has 5 nitrogen and oxygen atoms in total. The summed E-state index contributed by atoms with van der Waals surface area (Å²) in [6.07, 6.45) is 4.10. The Hall–Kier alpha value is -1.40. The smallest absolute Gasteiger partial charge is 0.240 e. The number of hydrogen-bond acceptors (Lipinski definition) is 3. The Balaban J connectivity index is 1.94. The van der Waals surface area contributed by atoms with Gasteiger partial charge < -0.3 is 4.90 Å². The highest BCUT2D eigenvalue weighted by Gasteiger charge is 2.28. The molecule has 0 aliphatic carbocycles. The summed E-state index contributed by atoms with van der Waals surface area (Å²) in [5.74, 6) is 0.296. The summed E-state index contributed by atoms with van der Waals surface area (Å²) in [6.45, 7) is 5.08. The van der Waals surface area contributed by atoms with E-state index in [1.54, 1.807) is 11.8 Å². The van der Waals surface area contributed by atoms with Gasteiger partial charge >= 0.3 is 0 Å². The number of nitrogens with zero attached hydrogens (tertiary/aromatic N) is 1. The summed E-state index contributed by atoms with van der Waals surface area (Å²) in [5, 5.41) is 0. The number of amides is 1. The van der Waals surface area contributed by atoms with E-state index in [2.05, 4.69) is 35.9 Å². The molecule has 1 aliphatic heterocycles. The van der Waals surface area contributed by atoms with E-state index in [-0.39, 0.29) is 5.91 Å². The van der Waals surface area contributed by atoms with Gasteiger partial charge in [-0.1, -0.05) is 29.8 Å². The maximum absolute atomic E-state index is 12.4. The molecule has 1 heterocycles. The quantitative estimate of drug-likeness (QED) is 0.889. The molecular weight excluding hydrogens is 312 g/mol. The Labute approximate surface area is 139 Å². The molecule has 2 rings (SSSR count). The predicted octanol–water partition coefficient (Wildman–Crippen LogP) is 1.71. The van der Waals surface area contributed by atoms with Crippen LogP contribution in [0.3, 0.4) is 0 Å². The largest absolute Gasteiger partial charge is 0.341 e. The van der Waals surface area contributed by atoms with Gasteiger partial charge in [0.1, 0.15) is 0 Å². The fourth-order valence-corrected chi connectivity index (χ4v) is 3.88. The molecule has 0 radical (unpaired) electrons. The van der Waals surface area contributed by atoms with Gasteiger partial charge in [0.05, 0.1) is 12.3 Å². The van der Waals surface area contributed by atoms with Crippen LogP contribution in [-0.4, -0.2) is 44.6 Å². The summed E-state index contributed by atoms with van der Waals surface area (Å²) in [6, 6.07) is 7.80. The van der Waals surface area contributed by atoms with Crippen LogP contribution in [0.4, 0.5) is 0 Å². The molecule has 2 atom stereocenters. The van der Waals surface area contributed by atoms with Crippen molar-refractivity contribution in [1.82, 2.24) is 9.62 Å². The minimum absolute atomic E-state index is 0.135. The van der Waals surface area contributed by atoms with E-state index in [1.165, 1.54) is 11.1 Å². The van der Waals surface area contributed by atoms with Crippen LogP contribution < -0.4 is 4.72 Å². The van der Waals surface area contributed by atoms with Crippen molar-refractivity contribution in [1.29, 1.82) is 0 Å². The third kappa shape index (κ3) is 5.62. The number of piperidine rings is 1. The van der Waals surface area contributed by atoms with Crippen LogP contribution in [0.15, 0.2) is 24.3 Å². The van der Waals surface area contributed by atoms with Crippen molar-refractivity contribution in [2.75, 3.05) is 19.3 Å². The highest BCUT2D eigenvalue weighted by atomic mass is 32.2. The molecule has 6 heteroatoms. The number of nitrogens with one attached hydrogen (secondary N) is 1. The van der Waals surface area contributed by atoms with Gasteiger partial charge in [-0.2, -0.15) is 0 Å². The number of benzene rings is 1. The Morgan fingerprint density at radius 3 is 2.61 bits per heavy atom. The first kappa shape index (κ1) is 17.9. The molecule has 1 amide bonds. The highest BCUT2D eigenvalue weighted by molar-refractivity contribution is 7.88. The molecule has 0 saturated carbocycles. The number of hydrogen-bond donors (Lipinski definition) is 1. The van der Waals surface area contributed by atoms with E-state index < -0.39 is 16.1 Å². The summed E-state index contributed by atoms with van der Waals surface area (Å²) >= 11 is 0. The standard InChI is InChI=1S/C17H26N2O3S/c1-13-6-8-15(9-7-13)11-16-5-4-10-19(12-16)17(20)14(2)18-23(3,21)22/h6-9,14,16,18H,4-5,10-12H2,1-3H3/t14-,16-/m0/s1. The van der Waals surface area contributed by atoms with Gasteiger partial charge in [-0.05, 0) is 44.6 Å². The number of aryl methyl sites for hydroxylation is 1. The molecule has 1 saturated heterocycles. The van der Waals surface area contributed by atoms with Crippen molar-refractivity contribution < 1.29 is 13.2 Å². The average Bonchev–Trinajstić information content (AvgIpc) is 2.47. The molecule has 1 fully saturated rings. The molecule has 1 aliphatic rings. The molecule has 0 unspecified atom stereocenters. The molecule has 0 aromatic heterocycles. The summed E-state index contributed by atoms with van der Waals surface area (Å²) in [4.78, 5) is 14.2. The van der Waals surface area contributed by atoms with E-state index >= 15 is 0 Å². The van der Waals surface area contributed by atoms with E-state index in [0.29, 0.717) is 19.0 Å². The molecule has 1 aromatic carbocycles. The van der Waals surface area contributed by atoms with Gasteiger partial charge in [0, 0.05) is 13.1 Å². The lowest BCUT2D eigenvalue weighted by Crippen LogP contribution is -2.50. The number of carbonyl (C=O) groups excluding carboxylic acids is 1. The van der Waals surface area contributed by atoms with Gasteiger partial charge in [0.15, 0.2) is 0 Å². The second kappa shape index (κ2) is 7.45. The third-order valence-electron chi connectivity index (χ3n) is 4.24. The van der Waals surface area contributed by atoms with Gasteiger partial charge in [0.2, 0.25) is 15.9 Å². The molecular formula is C17H26N2O3S. The van der Waals surface area contributed by atoms with Crippen LogP contribution in [0.25, 0.3) is 0 Å². The zero-order chi connectivity index (χ0) is 17.0. The minimum Gasteiger partial charge on any atom is -0.341 e. The van der Waals surface area contributed by atoms with Crippen molar-refractivity contribution in [3.63, 3.8) is 0 Å². The normalized spacial score (nSPS) is 20.3. The zero-order valence-corrected chi connectivity index (χ0v) is 14.9. The van der Waals surface area contributed by atoms with Gasteiger partial charge in [-0.15, -0.1) is 0 Å². The fourth-order valence-electron chi connectivity index (χ4n) is 3.13. The lowest BCUT2D eigenvalue weighted by Gasteiger charge is -2.34. The Morgan fingerprint density at radius 2 is 2.00 bits per heavy atom. The summed E-state index contributed by atoms with van der Waals surface area (Å²) in [7, 11) is -3.37. The van der Waals surface area contributed by atoms with Crippen molar-refractivity contribution in [3.05, 3.63) is 35.4 Å². The Morgan fingerprint density at radius 1 is 1.35 bits per heavy atom. The first-order chi connectivity index (χ1) is 10.7. The molecule has 128 valence electrons. The van der Waals surface area contributed by atoms with E-state index in [0.717, 1.165) is 25.5 Å². The van der Waals surface area contributed by atoms with Gasteiger partial charge in [-0.3, -0.25) is 4.79 Å². The zero-order valence-electron chi connectivity index (χ0n) is 14.1. The van der Waals surface area contributed by atoms with E-state index in [1.807, 2.05) is 0 Å². The minimum atomic E-state index is -3.37. The number of carbonyl (C=O) groups is 1. The third-order valence-corrected chi connectivity index (χ3v) is 5.02. The van der Waals surface area contributed by atoms with Crippen LogP contribution in [0.1, 0.15) is 30.9 Å². The summed E-state index contributed by atoms with van der Waals surface area (Å²) < 4.78 is 24.9. The number of sulfonamides is 1. The van der Waals surface area contributed by atoms with Crippen molar-refractivity contribution in [2.24, 2.45) is 5.92 Å². The molecule has 1 N–H and O–H groups in total. The molecule has 0 bridgehead atoms. The first-order valence-electron chi connectivity index (χ1n) is 8.06. The lowest BCUT2D eigenvalue weighted by atomic mass is 9.91. The molecule has 1 aromatic rings. The van der Waals surface area contributed by atoms with E-state index in [9.17, 15) is 13.2 Å². The van der Waals surface area contributed by atoms with Crippen LogP contribution >= 0.6 is 0 Å². The predicted molar refractivity (Wildman–Crippen MR) is 91.6 cm³/mol. The van der Waals surface area contributed by atoms with Crippen molar-refractivity contribution >= 4 is 15.9 Å². The first-order valence-corrected chi connectivity index (χ1v) is 9.95. The van der Waals surface area contributed by atoms with Crippen LogP contribution in [0.2, 0.25) is 0 Å². The second-order valence-electron chi connectivity index (χ2n) is 6.59.